The second-order valence-corrected chi connectivity index (χ2v) is 10.7. The Morgan fingerprint density at radius 1 is 1.23 bits per heavy atom. The van der Waals surface area contributed by atoms with E-state index in [9.17, 15) is 14.0 Å². The molecule has 4 aromatic rings. The molecule has 1 unspecified atom stereocenters. The fourth-order valence-electron chi connectivity index (χ4n) is 4.79. The number of carbonyl (C=O) groups excluding carboxylic acids is 1. The van der Waals surface area contributed by atoms with E-state index < -0.39 is 17.6 Å². The fraction of sp³-hybridized carbons (Fsp3) is 0.385. The van der Waals surface area contributed by atoms with Gasteiger partial charge in [-0.05, 0) is 52.1 Å². The predicted molar refractivity (Wildman–Crippen MR) is 146 cm³/mol. The quantitative estimate of drug-likeness (QED) is 0.335. The van der Waals surface area contributed by atoms with Crippen LogP contribution in [0.15, 0.2) is 41.6 Å². The first-order chi connectivity index (χ1) is 18.6. The van der Waals surface area contributed by atoms with E-state index in [0.717, 1.165) is 28.7 Å². The lowest BCUT2D eigenvalue weighted by atomic mass is 10.1. The van der Waals surface area contributed by atoms with Crippen molar-refractivity contribution in [2.45, 2.75) is 31.9 Å². The maximum Gasteiger partial charge on any atom is 0.360 e. The molecule has 1 atom stereocenters. The zero-order valence-electron chi connectivity index (χ0n) is 21.7. The minimum Gasteiger partial charge on any atom is -0.401 e. The van der Waals surface area contributed by atoms with Gasteiger partial charge in [-0.3, -0.25) is 14.5 Å². The summed E-state index contributed by atoms with van der Waals surface area (Å²) in [5.74, 6) is -0.500. The predicted octanol–water partition coefficient (Wildman–Crippen LogP) is 3.95. The summed E-state index contributed by atoms with van der Waals surface area (Å²) in [7, 11) is 3.77. The zero-order chi connectivity index (χ0) is 27.8. The lowest BCUT2D eigenvalue weighted by molar-refractivity contribution is -0.133. The number of piperidine rings is 1. The van der Waals surface area contributed by atoms with Crippen molar-refractivity contribution in [1.82, 2.24) is 34.3 Å². The van der Waals surface area contributed by atoms with Gasteiger partial charge in [0.05, 0.1) is 23.8 Å². The molecule has 1 saturated heterocycles. The van der Waals surface area contributed by atoms with Crippen molar-refractivity contribution in [2.24, 2.45) is 0 Å². The highest BCUT2D eigenvalue weighted by molar-refractivity contribution is 6.36. The lowest BCUT2D eigenvalue weighted by Crippen LogP contribution is -2.43. The van der Waals surface area contributed by atoms with E-state index >= 15 is 0 Å². The molecule has 1 fully saturated rings. The van der Waals surface area contributed by atoms with Crippen molar-refractivity contribution in [3.8, 4) is 11.1 Å². The van der Waals surface area contributed by atoms with Crippen molar-refractivity contribution in [3.63, 3.8) is 0 Å². The average Bonchev–Trinajstić information content (AvgIpc) is 3.51. The van der Waals surface area contributed by atoms with Crippen LogP contribution in [0.2, 0.25) is 10.0 Å². The van der Waals surface area contributed by atoms with Gasteiger partial charge >= 0.3 is 5.69 Å². The summed E-state index contributed by atoms with van der Waals surface area (Å²) < 4.78 is 17.0. The number of hydrogen-bond acceptors (Lipinski definition) is 6. The van der Waals surface area contributed by atoms with Gasteiger partial charge in [0, 0.05) is 47.2 Å². The minimum absolute atomic E-state index is 0.134. The van der Waals surface area contributed by atoms with Gasteiger partial charge in [0.15, 0.2) is 11.8 Å². The SMILES string of the molecule is CC(On1c(=O)[nH]c2ncc(-c3cnn(C4CCN(C(=O)CN(C)C)CC4)c3)cc21)c1c(Cl)ccc(F)c1Cl. The summed E-state index contributed by atoms with van der Waals surface area (Å²) >= 11 is 12.4. The third-order valence-electron chi connectivity index (χ3n) is 6.82. The maximum absolute atomic E-state index is 14.0. The highest BCUT2D eigenvalue weighted by atomic mass is 35.5. The standard InChI is InChI=1S/C26H28Cl2FN7O3/c1-15(23-19(27)4-5-20(29)24(23)28)39-36-21-10-16(11-30-25(21)32-26(36)38)17-12-31-35(13-17)18-6-8-34(9-7-18)22(37)14-33(2)3/h4-5,10-13,15,18H,6-9,14H2,1-3H3,(H,30,32,38). The molecular weight excluding hydrogens is 548 g/mol. The van der Waals surface area contributed by atoms with E-state index in [1.54, 1.807) is 25.4 Å². The second kappa shape index (κ2) is 11.0. The molecule has 5 rings (SSSR count). The molecular formula is C26H28Cl2FN7O3. The molecule has 3 aromatic heterocycles. The van der Waals surface area contributed by atoms with Crippen molar-refractivity contribution in [3.05, 3.63) is 68.7 Å². The van der Waals surface area contributed by atoms with E-state index in [0.29, 0.717) is 30.8 Å². The van der Waals surface area contributed by atoms with Gasteiger partial charge in [0.2, 0.25) is 5.91 Å². The van der Waals surface area contributed by atoms with E-state index in [2.05, 4.69) is 15.1 Å². The number of amides is 1. The van der Waals surface area contributed by atoms with Crippen LogP contribution in [0.4, 0.5) is 4.39 Å². The summed E-state index contributed by atoms with van der Waals surface area (Å²) in [6, 6.07) is 4.50. The number of nitrogens with one attached hydrogen (secondary N) is 1. The van der Waals surface area contributed by atoms with Crippen molar-refractivity contribution < 1.29 is 14.0 Å². The third-order valence-corrected chi connectivity index (χ3v) is 7.54. The number of rotatable bonds is 7. The van der Waals surface area contributed by atoms with Gasteiger partial charge in [-0.1, -0.05) is 23.2 Å². The molecule has 13 heteroatoms. The van der Waals surface area contributed by atoms with Crippen LogP contribution in [0.3, 0.4) is 0 Å². The number of fused-ring (bicyclic) bond motifs is 1. The van der Waals surface area contributed by atoms with Gasteiger partial charge in [0.25, 0.3) is 0 Å². The molecule has 10 nitrogen and oxygen atoms in total. The third kappa shape index (κ3) is 5.52. The number of hydrogen-bond donors (Lipinski definition) is 1. The van der Waals surface area contributed by atoms with Gasteiger partial charge in [0.1, 0.15) is 11.3 Å². The highest BCUT2D eigenvalue weighted by Gasteiger charge is 2.25. The summed E-state index contributed by atoms with van der Waals surface area (Å²) in [5.41, 5.74) is 1.97. The minimum atomic E-state index is -0.834. The summed E-state index contributed by atoms with van der Waals surface area (Å²) in [4.78, 5) is 41.8. The molecule has 1 aliphatic heterocycles. The number of aromatic amines is 1. The zero-order valence-corrected chi connectivity index (χ0v) is 23.2. The van der Waals surface area contributed by atoms with Crippen LogP contribution in [0, 0.1) is 5.82 Å². The number of pyridine rings is 1. The van der Waals surface area contributed by atoms with Gasteiger partial charge in [-0.15, -0.1) is 4.73 Å². The number of H-pyrrole nitrogens is 1. The molecule has 0 bridgehead atoms. The van der Waals surface area contributed by atoms with Crippen LogP contribution in [0.25, 0.3) is 22.3 Å². The Morgan fingerprint density at radius 2 is 1.97 bits per heavy atom. The number of benzene rings is 1. The largest absolute Gasteiger partial charge is 0.401 e. The molecule has 4 heterocycles. The van der Waals surface area contributed by atoms with Crippen LogP contribution in [0.5, 0.6) is 0 Å². The summed E-state index contributed by atoms with van der Waals surface area (Å²) in [5, 5.41) is 4.62. The molecule has 1 aromatic carbocycles. The molecule has 0 radical (unpaired) electrons. The van der Waals surface area contributed by atoms with Crippen LogP contribution >= 0.6 is 23.2 Å². The van der Waals surface area contributed by atoms with Crippen LogP contribution in [-0.2, 0) is 4.79 Å². The Bertz CT molecular complexity index is 1570. The van der Waals surface area contributed by atoms with Crippen LogP contribution < -0.4 is 10.5 Å². The highest BCUT2D eigenvalue weighted by Crippen LogP contribution is 2.33. The van der Waals surface area contributed by atoms with Crippen molar-refractivity contribution in [2.75, 3.05) is 33.7 Å². The molecule has 206 valence electrons. The Morgan fingerprint density at radius 3 is 2.69 bits per heavy atom. The Kier molecular flexibility index (Phi) is 7.66. The van der Waals surface area contributed by atoms with E-state index in [-0.39, 0.29) is 27.6 Å². The Balaban J connectivity index is 1.35. The molecule has 1 amide bonds. The van der Waals surface area contributed by atoms with E-state index in [1.807, 2.05) is 34.8 Å². The average molecular weight is 576 g/mol. The molecule has 1 aliphatic rings. The molecule has 0 aliphatic carbocycles. The van der Waals surface area contributed by atoms with Crippen molar-refractivity contribution in [1.29, 1.82) is 0 Å². The topological polar surface area (TPSA) is 101 Å². The number of likely N-dealkylation sites (N-methyl/N-ethyl adjacent to an activating group) is 1. The fourth-order valence-corrected chi connectivity index (χ4v) is 5.47. The van der Waals surface area contributed by atoms with Gasteiger partial charge < -0.3 is 14.6 Å². The monoisotopic (exact) mass is 575 g/mol. The maximum atomic E-state index is 14.0. The Labute approximate surface area is 233 Å². The summed E-state index contributed by atoms with van der Waals surface area (Å²) in [6.07, 6.45) is 6.13. The molecule has 0 spiro atoms. The van der Waals surface area contributed by atoms with Gasteiger partial charge in [-0.2, -0.15) is 5.10 Å². The number of likely N-dealkylation sites (tertiary alicyclic amines) is 1. The van der Waals surface area contributed by atoms with Gasteiger partial charge in [-0.25, -0.2) is 14.2 Å². The number of imidazole rings is 1. The smallest absolute Gasteiger partial charge is 0.360 e. The summed E-state index contributed by atoms with van der Waals surface area (Å²) in [6.45, 7) is 3.40. The lowest BCUT2D eigenvalue weighted by Gasteiger charge is -2.32. The number of carbonyl (C=O) groups is 1. The number of halogens is 3. The molecule has 1 N–H and O–H groups in total. The van der Waals surface area contributed by atoms with E-state index in [1.165, 1.54) is 12.1 Å². The van der Waals surface area contributed by atoms with E-state index in [4.69, 9.17) is 28.0 Å². The number of aromatic nitrogens is 5. The number of nitrogens with zero attached hydrogens (tertiary/aromatic N) is 6. The van der Waals surface area contributed by atoms with Crippen LogP contribution in [0.1, 0.15) is 37.5 Å². The molecule has 0 saturated carbocycles. The normalized spacial score (nSPS) is 15.3. The molecule has 39 heavy (non-hydrogen) atoms. The first-order valence-corrected chi connectivity index (χ1v) is 13.3. The Hall–Kier alpha value is -3.41. The second-order valence-electron chi connectivity index (χ2n) is 9.88. The van der Waals surface area contributed by atoms with Crippen LogP contribution in [-0.4, -0.2) is 73.9 Å². The van der Waals surface area contributed by atoms with Crippen molar-refractivity contribution >= 4 is 40.3 Å². The first-order valence-electron chi connectivity index (χ1n) is 12.5. The first kappa shape index (κ1) is 27.2.